The van der Waals surface area contributed by atoms with Crippen LogP contribution in [0.15, 0.2) is 0 Å². The molecule has 0 aromatic rings. The first kappa shape index (κ1) is 13.6. The van der Waals surface area contributed by atoms with Gasteiger partial charge in [-0.1, -0.05) is 0 Å². The predicted octanol–water partition coefficient (Wildman–Crippen LogP) is 1.03. The molecule has 2 fully saturated rings. The van der Waals surface area contributed by atoms with Crippen molar-refractivity contribution in [3.05, 3.63) is 0 Å². The second-order valence-corrected chi connectivity index (χ2v) is 6.34. The fourth-order valence-electron chi connectivity index (χ4n) is 2.75. The molecule has 0 aromatic carbocycles. The first-order chi connectivity index (χ1) is 8.37. The van der Waals surface area contributed by atoms with Crippen molar-refractivity contribution in [2.24, 2.45) is 5.73 Å². The minimum atomic E-state index is -0.428. The maximum Gasteiger partial charge on any atom is 0.410 e. The van der Waals surface area contributed by atoms with Crippen LogP contribution < -0.4 is 5.73 Å². The third-order valence-corrected chi connectivity index (χ3v) is 3.66. The van der Waals surface area contributed by atoms with E-state index in [-0.39, 0.29) is 12.1 Å². The number of ether oxygens (including phenoxy) is 1. The summed E-state index contributed by atoms with van der Waals surface area (Å²) >= 11 is 0. The number of rotatable bonds is 0. The lowest BCUT2D eigenvalue weighted by atomic mass is 9.95. The maximum atomic E-state index is 12.0. The molecule has 104 valence electrons. The molecule has 1 amide bonds. The second kappa shape index (κ2) is 5.05. The van der Waals surface area contributed by atoms with Gasteiger partial charge < -0.3 is 15.4 Å². The van der Waals surface area contributed by atoms with Gasteiger partial charge in [0.05, 0.1) is 0 Å². The standard InChI is InChI=1S/C13H25N3O2/c1-13(2,3)18-12(17)16-8-7-15-6-4-5-10(14)11(15)9-16/h10-11H,4-9,14H2,1-3H3. The van der Waals surface area contributed by atoms with Crippen LogP contribution in [0.2, 0.25) is 0 Å². The van der Waals surface area contributed by atoms with E-state index < -0.39 is 5.60 Å². The van der Waals surface area contributed by atoms with Gasteiger partial charge in [-0.05, 0) is 40.2 Å². The molecule has 0 radical (unpaired) electrons. The summed E-state index contributed by atoms with van der Waals surface area (Å²) in [5.74, 6) is 0. The van der Waals surface area contributed by atoms with Gasteiger partial charge in [-0.2, -0.15) is 0 Å². The van der Waals surface area contributed by atoms with Crippen molar-refractivity contribution in [3.63, 3.8) is 0 Å². The number of piperidine rings is 1. The van der Waals surface area contributed by atoms with Crippen LogP contribution in [0, 0.1) is 0 Å². The SMILES string of the molecule is CC(C)(C)OC(=O)N1CCN2CCCC(N)C2C1. The largest absolute Gasteiger partial charge is 0.444 e. The van der Waals surface area contributed by atoms with Crippen molar-refractivity contribution >= 4 is 6.09 Å². The van der Waals surface area contributed by atoms with Crippen molar-refractivity contribution in [1.82, 2.24) is 9.80 Å². The monoisotopic (exact) mass is 255 g/mol. The summed E-state index contributed by atoms with van der Waals surface area (Å²) in [6, 6.07) is 0.490. The molecule has 5 heteroatoms. The van der Waals surface area contributed by atoms with Crippen molar-refractivity contribution in [1.29, 1.82) is 0 Å². The van der Waals surface area contributed by atoms with Gasteiger partial charge in [0.2, 0.25) is 0 Å². The highest BCUT2D eigenvalue weighted by atomic mass is 16.6. The molecule has 2 aliphatic heterocycles. The fraction of sp³-hybridized carbons (Fsp3) is 0.923. The predicted molar refractivity (Wildman–Crippen MR) is 70.4 cm³/mol. The lowest BCUT2D eigenvalue weighted by Crippen LogP contribution is -2.63. The van der Waals surface area contributed by atoms with Gasteiger partial charge in [-0.3, -0.25) is 4.90 Å². The molecule has 2 heterocycles. The highest BCUT2D eigenvalue weighted by Gasteiger charge is 2.36. The van der Waals surface area contributed by atoms with E-state index in [1.165, 1.54) is 6.42 Å². The minimum Gasteiger partial charge on any atom is -0.444 e. The summed E-state index contributed by atoms with van der Waals surface area (Å²) in [6.45, 7) is 9.17. The van der Waals surface area contributed by atoms with Gasteiger partial charge in [0.1, 0.15) is 5.60 Å². The summed E-state index contributed by atoms with van der Waals surface area (Å²) < 4.78 is 5.42. The Bertz CT molecular complexity index is 314. The van der Waals surface area contributed by atoms with Crippen LogP contribution in [-0.4, -0.2) is 59.8 Å². The van der Waals surface area contributed by atoms with Gasteiger partial charge >= 0.3 is 6.09 Å². The number of carbonyl (C=O) groups is 1. The third-order valence-electron chi connectivity index (χ3n) is 3.66. The topological polar surface area (TPSA) is 58.8 Å². The van der Waals surface area contributed by atoms with Crippen LogP contribution in [0.5, 0.6) is 0 Å². The Morgan fingerprint density at radius 2 is 2.00 bits per heavy atom. The molecule has 0 spiro atoms. The Morgan fingerprint density at radius 3 is 2.67 bits per heavy atom. The summed E-state index contributed by atoms with van der Waals surface area (Å²) in [6.07, 6.45) is 2.02. The summed E-state index contributed by atoms with van der Waals surface area (Å²) in [7, 11) is 0. The highest BCUT2D eigenvalue weighted by molar-refractivity contribution is 5.68. The molecule has 2 N–H and O–H groups in total. The lowest BCUT2D eigenvalue weighted by molar-refractivity contribution is -0.00588. The zero-order chi connectivity index (χ0) is 13.3. The molecule has 18 heavy (non-hydrogen) atoms. The zero-order valence-electron chi connectivity index (χ0n) is 11.7. The number of amides is 1. The van der Waals surface area contributed by atoms with Crippen LogP contribution in [0.4, 0.5) is 4.79 Å². The van der Waals surface area contributed by atoms with E-state index in [2.05, 4.69) is 4.90 Å². The fourth-order valence-corrected chi connectivity index (χ4v) is 2.75. The van der Waals surface area contributed by atoms with E-state index >= 15 is 0 Å². The van der Waals surface area contributed by atoms with Gasteiger partial charge in [0.15, 0.2) is 0 Å². The number of hydrogen-bond acceptors (Lipinski definition) is 4. The minimum absolute atomic E-state index is 0.184. The quantitative estimate of drug-likeness (QED) is 0.702. The smallest absolute Gasteiger partial charge is 0.410 e. The molecule has 2 unspecified atom stereocenters. The zero-order valence-corrected chi connectivity index (χ0v) is 11.7. The van der Waals surface area contributed by atoms with Crippen LogP contribution in [0.25, 0.3) is 0 Å². The molecule has 2 rings (SSSR count). The van der Waals surface area contributed by atoms with E-state index in [1.54, 1.807) is 4.90 Å². The highest BCUT2D eigenvalue weighted by Crippen LogP contribution is 2.21. The summed E-state index contributed by atoms with van der Waals surface area (Å²) in [4.78, 5) is 16.3. The molecular formula is C13H25N3O2. The van der Waals surface area contributed by atoms with Crippen molar-refractivity contribution in [2.45, 2.75) is 51.3 Å². The van der Waals surface area contributed by atoms with Crippen molar-refractivity contribution < 1.29 is 9.53 Å². The number of nitrogens with two attached hydrogens (primary N) is 1. The molecule has 0 bridgehead atoms. The first-order valence-electron chi connectivity index (χ1n) is 6.84. The van der Waals surface area contributed by atoms with Crippen molar-refractivity contribution in [2.75, 3.05) is 26.2 Å². The van der Waals surface area contributed by atoms with E-state index in [0.717, 1.165) is 26.1 Å². The normalized spacial score (nSPS) is 29.9. The van der Waals surface area contributed by atoms with E-state index in [1.807, 2.05) is 20.8 Å². The first-order valence-corrected chi connectivity index (χ1v) is 6.84. The van der Waals surface area contributed by atoms with Crippen LogP contribution in [0.1, 0.15) is 33.6 Å². The Labute approximate surface area is 109 Å². The molecule has 0 aliphatic carbocycles. The molecule has 0 saturated carbocycles. The lowest BCUT2D eigenvalue weighted by Gasteiger charge is -2.46. The molecule has 5 nitrogen and oxygen atoms in total. The van der Waals surface area contributed by atoms with Crippen molar-refractivity contribution in [3.8, 4) is 0 Å². The molecule has 2 saturated heterocycles. The molecule has 2 aliphatic rings. The Hall–Kier alpha value is -0.810. The summed E-state index contributed by atoms with van der Waals surface area (Å²) in [5.41, 5.74) is 5.73. The van der Waals surface area contributed by atoms with E-state index in [9.17, 15) is 4.79 Å². The third kappa shape index (κ3) is 3.14. The summed E-state index contributed by atoms with van der Waals surface area (Å²) in [5, 5.41) is 0. The van der Waals surface area contributed by atoms with Gasteiger partial charge in [0.25, 0.3) is 0 Å². The maximum absolute atomic E-state index is 12.0. The second-order valence-electron chi connectivity index (χ2n) is 6.34. The average molecular weight is 255 g/mol. The van der Waals surface area contributed by atoms with Gasteiger partial charge in [-0.25, -0.2) is 4.79 Å². The Balaban J connectivity index is 1.94. The van der Waals surface area contributed by atoms with Crippen LogP contribution >= 0.6 is 0 Å². The average Bonchev–Trinajstić information content (AvgIpc) is 2.27. The van der Waals surface area contributed by atoms with E-state index in [4.69, 9.17) is 10.5 Å². The molecule has 0 aromatic heterocycles. The Kier molecular flexibility index (Phi) is 3.82. The number of carbonyl (C=O) groups excluding carboxylic acids is 1. The number of hydrogen-bond donors (Lipinski definition) is 1. The molecular weight excluding hydrogens is 230 g/mol. The van der Waals surface area contributed by atoms with Crippen LogP contribution in [-0.2, 0) is 4.74 Å². The number of piperazine rings is 1. The van der Waals surface area contributed by atoms with Gasteiger partial charge in [-0.15, -0.1) is 0 Å². The molecule has 2 atom stereocenters. The van der Waals surface area contributed by atoms with Crippen LogP contribution in [0.3, 0.4) is 0 Å². The Morgan fingerprint density at radius 1 is 1.28 bits per heavy atom. The number of fused-ring (bicyclic) bond motifs is 1. The number of nitrogens with zero attached hydrogens (tertiary/aromatic N) is 2. The van der Waals surface area contributed by atoms with Gasteiger partial charge in [0, 0.05) is 31.7 Å². The van der Waals surface area contributed by atoms with E-state index in [0.29, 0.717) is 12.6 Å².